The monoisotopic (exact) mass is 203 g/mol. The highest BCUT2D eigenvalue weighted by Gasteiger charge is 2.15. The second kappa shape index (κ2) is 3.72. The van der Waals surface area contributed by atoms with Gasteiger partial charge in [0.2, 0.25) is 0 Å². The number of aliphatic carboxylic acids is 1. The third-order valence-electron chi connectivity index (χ3n) is 1.57. The summed E-state index contributed by atoms with van der Waals surface area (Å²) < 4.78 is 12.8. The van der Waals surface area contributed by atoms with Crippen LogP contribution in [0.25, 0.3) is 0 Å². The van der Waals surface area contributed by atoms with Crippen LogP contribution in [0.1, 0.15) is 11.6 Å². The maximum atomic E-state index is 12.8. The van der Waals surface area contributed by atoms with Crippen molar-refractivity contribution < 1.29 is 14.3 Å². The van der Waals surface area contributed by atoms with E-state index in [1.807, 2.05) is 0 Å². The molecular weight excluding hydrogens is 197 g/mol. The number of hydrogen-bond acceptors (Lipinski definition) is 2. The summed E-state index contributed by atoms with van der Waals surface area (Å²) in [4.78, 5) is 10.4. The fourth-order valence-corrected chi connectivity index (χ4v) is 0.966. The molecule has 70 valence electrons. The minimum absolute atomic E-state index is 0.0543. The van der Waals surface area contributed by atoms with Gasteiger partial charge in [0.25, 0.3) is 0 Å². The molecule has 1 rings (SSSR count). The van der Waals surface area contributed by atoms with E-state index in [9.17, 15) is 9.18 Å². The molecule has 0 aliphatic heterocycles. The average molecular weight is 204 g/mol. The Kier molecular flexibility index (Phi) is 2.85. The van der Waals surface area contributed by atoms with Crippen molar-refractivity contribution in [3.05, 3.63) is 34.6 Å². The second-order valence-electron chi connectivity index (χ2n) is 2.49. The van der Waals surface area contributed by atoms with Crippen LogP contribution in [0.2, 0.25) is 5.02 Å². The van der Waals surface area contributed by atoms with Gasteiger partial charge in [-0.15, -0.1) is 0 Å². The van der Waals surface area contributed by atoms with Crippen molar-refractivity contribution in [1.29, 1.82) is 0 Å². The van der Waals surface area contributed by atoms with Gasteiger partial charge < -0.3 is 10.8 Å². The Labute approximate surface area is 78.9 Å². The Hall–Kier alpha value is -1.13. The number of nitrogens with two attached hydrogens (primary N) is 1. The van der Waals surface area contributed by atoms with Crippen LogP contribution in [-0.4, -0.2) is 11.1 Å². The molecule has 5 heteroatoms. The van der Waals surface area contributed by atoms with E-state index in [1.165, 1.54) is 12.1 Å². The van der Waals surface area contributed by atoms with Crippen molar-refractivity contribution in [2.45, 2.75) is 6.04 Å². The molecule has 0 heterocycles. The summed E-state index contributed by atoms with van der Waals surface area (Å²) >= 11 is 5.40. The first kappa shape index (κ1) is 9.95. The van der Waals surface area contributed by atoms with Gasteiger partial charge in [0.15, 0.2) is 0 Å². The fraction of sp³-hybridized carbons (Fsp3) is 0.125. The molecule has 0 unspecified atom stereocenters. The molecule has 0 radical (unpaired) electrons. The lowest BCUT2D eigenvalue weighted by Crippen LogP contribution is -2.20. The molecule has 1 aromatic rings. The van der Waals surface area contributed by atoms with Gasteiger partial charge in [-0.2, -0.15) is 0 Å². The Morgan fingerprint density at radius 3 is 2.69 bits per heavy atom. The largest absolute Gasteiger partial charge is 0.480 e. The van der Waals surface area contributed by atoms with Crippen molar-refractivity contribution in [3.63, 3.8) is 0 Å². The Bertz CT molecular complexity index is 343. The van der Waals surface area contributed by atoms with Crippen LogP contribution in [0, 0.1) is 5.82 Å². The van der Waals surface area contributed by atoms with Gasteiger partial charge in [0, 0.05) is 0 Å². The quantitative estimate of drug-likeness (QED) is 0.767. The van der Waals surface area contributed by atoms with E-state index < -0.39 is 17.8 Å². The summed E-state index contributed by atoms with van der Waals surface area (Å²) in [6.45, 7) is 0. The van der Waals surface area contributed by atoms with Gasteiger partial charge in [0.05, 0.1) is 5.02 Å². The molecule has 0 spiro atoms. The van der Waals surface area contributed by atoms with Gasteiger partial charge >= 0.3 is 5.97 Å². The standard InChI is InChI=1S/C8H7ClFNO2/c9-5-2-1-4(3-6(5)10)7(11)8(12)13/h1-3,7H,11H2,(H,12,13)/t7-/m0/s1. The van der Waals surface area contributed by atoms with Gasteiger partial charge in [0.1, 0.15) is 11.9 Å². The summed E-state index contributed by atoms with van der Waals surface area (Å²) in [5.74, 6) is -1.88. The van der Waals surface area contributed by atoms with Crippen molar-refractivity contribution in [2.75, 3.05) is 0 Å². The Morgan fingerprint density at radius 2 is 2.23 bits per heavy atom. The maximum absolute atomic E-state index is 12.8. The zero-order valence-corrected chi connectivity index (χ0v) is 7.25. The van der Waals surface area contributed by atoms with Crippen LogP contribution < -0.4 is 5.73 Å². The van der Waals surface area contributed by atoms with Gasteiger partial charge in [-0.25, -0.2) is 4.39 Å². The summed E-state index contributed by atoms with van der Waals surface area (Å²) in [6, 6.07) is 2.45. The van der Waals surface area contributed by atoms with Crippen LogP contribution in [-0.2, 0) is 4.79 Å². The molecule has 1 aromatic carbocycles. The van der Waals surface area contributed by atoms with Crippen LogP contribution in [0.15, 0.2) is 18.2 Å². The Balaban J connectivity index is 3.03. The topological polar surface area (TPSA) is 63.3 Å². The molecule has 0 saturated carbocycles. The third-order valence-corrected chi connectivity index (χ3v) is 1.88. The molecular formula is C8H7ClFNO2. The van der Waals surface area contributed by atoms with Gasteiger partial charge in [-0.3, -0.25) is 4.79 Å². The molecule has 13 heavy (non-hydrogen) atoms. The predicted octanol–water partition coefficient (Wildman–Crippen LogP) is 1.56. The van der Waals surface area contributed by atoms with E-state index in [4.69, 9.17) is 22.4 Å². The summed E-state index contributed by atoms with van der Waals surface area (Å²) in [5, 5.41) is 8.46. The lowest BCUT2D eigenvalue weighted by Gasteiger charge is -2.06. The maximum Gasteiger partial charge on any atom is 0.325 e. The predicted molar refractivity (Wildman–Crippen MR) is 46.0 cm³/mol. The zero-order valence-electron chi connectivity index (χ0n) is 6.50. The van der Waals surface area contributed by atoms with Crippen LogP contribution in [0.3, 0.4) is 0 Å². The van der Waals surface area contributed by atoms with Gasteiger partial charge in [-0.05, 0) is 17.7 Å². The summed E-state index contributed by atoms with van der Waals surface area (Å²) in [5.41, 5.74) is 5.44. The van der Waals surface area contributed by atoms with Gasteiger partial charge in [-0.1, -0.05) is 17.7 Å². The average Bonchev–Trinajstić information content (AvgIpc) is 2.08. The van der Waals surface area contributed by atoms with Crippen molar-refractivity contribution in [2.24, 2.45) is 5.73 Å². The lowest BCUT2D eigenvalue weighted by atomic mass is 10.1. The molecule has 0 aromatic heterocycles. The zero-order chi connectivity index (χ0) is 10.0. The van der Waals surface area contributed by atoms with Crippen molar-refractivity contribution in [3.8, 4) is 0 Å². The number of carbonyl (C=O) groups is 1. The first-order valence-electron chi connectivity index (χ1n) is 3.45. The van der Waals surface area contributed by atoms with E-state index in [1.54, 1.807) is 0 Å². The smallest absolute Gasteiger partial charge is 0.325 e. The number of carboxylic acids is 1. The van der Waals surface area contributed by atoms with Crippen molar-refractivity contribution in [1.82, 2.24) is 0 Å². The summed E-state index contributed by atoms with van der Waals surface area (Å²) in [7, 11) is 0. The minimum atomic E-state index is -1.22. The number of benzene rings is 1. The molecule has 0 aliphatic carbocycles. The molecule has 0 fully saturated rings. The molecule has 3 nitrogen and oxygen atoms in total. The Morgan fingerprint density at radius 1 is 1.62 bits per heavy atom. The highest BCUT2D eigenvalue weighted by Crippen LogP contribution is 2.18. The van der Waals surface area contributed by atoms with E-state index >= 15 is 0 Å². The number of halogens is 2. The number of hydrogen-bond donors (Lipinski definition) is 2. The van der Waals surface area contributed by atoms with E-state index in [0.29, 0.717) is 0 Å². The van der Waals surface area contributed by atoms with Crippen LogP contribution >= 0.6 is 11.6 Å². The fourth-order valence-electron chi connectivity index (χ4n) is 0.848. The molecule has 3 N–H and O–H groups in total. The van der Waals surface area contributed by atoms with E-state index in [2.05, 4.69) is 0 Å². The first-order valence-corrected chi connectivity index (χ1v) is 3.83. The van der Waals surface area contributed by atoms with E-state index in [-0.39, 0.29) is 10.6 Å². The third kappa shape index (κ3) is 2.17. The lowest BCUT2D eigenvalue weighted by molar-refractivity contribution is -0.138. The molecule has 0 bridgehead atoms. The summed E-state index contributed by atoms with van der Waals surface area (Å²) in [6.07, 6.45) is 0. The van der Waals surface area contributed by atoms with Crippen molar-refractivity contribution >= 4 is 17.6 Å². The molecule has 0 aliphatic rings. The second-order valence-corrected chi connectivity index (χ2v) is 2.90. The number of carboxylic acid groups (broad SMARTS) is 1. The van der Waals surface area contributed by atoms with E-state index in [0.717, 1.165) is 6.07 Å². The van der Waals surface area contributed by atoms with Crippen LogP contribution in [0.5, 0.6) is 0 Å². The minimum Gasteiger partial charge on any atom is -0.480 e. The highest BCUT2D eigenvalue weighted by atomic mass is 35.5. The molecule has 0 amide bonds. The molecule has 0 saturated heterocycles. The number of rotatable bonds is 2. The molecule has 1 atom stereocenters. The highest BCUT2D eigenvalue weighted by molar-refractivity contribution is 6.30. The first-order chi connectivity index (χ1) is 6.02. The SMILES string of the molecule is N[C@H](C(=O)O)c1ccc(Cl)c(F)c1. The normalized spacial score (nSPS) is 12.5. The van der Waals surface area contributed by atoms with Crippen LogP contribution in [0.4, 0.5) is 4.39 Å².